The first kappa shape index (κ1) is 16.2. The molecule has 1 N–H and O–H groups in total. The van der Waals surface area contributed by atoms with Gasteiger partial charge in [-0.1, -0.05) is 18.9 Å². The van der Waals surface area contributed by atoms with Crippen LogP contribution in [-0.2, 0) is 0 Å². The molecule has 0 aliphatic carbocycles. The lowest BCUT2D eigenvalue weighted by Gasteiger charge is -2.20. The number of nitrogens with zero attached hydrogens (tertiary/aromatic N) is 2. The SMILES string of the molecule is O=C(Nc1cccc(C(=O)N2CCCCCC2)c1)c1ccncc1. The van der Waals surface area contributed by atoms with Crippen molar-refractivity contribution in [3.63, 3.8) is 0 Å². The second kappa shape index (κ2) is 7.73. The standard InChI is InChI=1S/C19H21N3O2/c23-18(15-8-10-20-11-9-15)21-17-7-5-6-16(14-17)19(24)22-12-3-1-2-4-13-22/h5-11,14H,1-4,12-13H2,(H,21,23). The van der Waals surface area contributed by atoms with Crippen molar-refractivity contribution in [1.82, 2.24) is 9.88 Å². The molecule has 0 saturated carbocycles. The van der Waals surface area contributed by atoms with Crippen LogP contribution in [0.25, 0.3) is 0 Å². The minimum absolute atomic E-state index is 0.0388. The lowest BCUT2D eigenvalue weighted by Crippen LogP contribution is -2.31. The minimum atomic E-state index is -0.211. The van der Waals surface area contributed by atoms with Gasteiger partial charge in [0.25, 0.3) is 11.8 Å². The predicted molar refractivity (Wildman–Crippen MR) is 93.0 cm³/mol. The van der Waals surface area contributed by atoms with Gasteiger partial charge in [0.05, 0.1) is 0 Å². The maximum absolute atomic E-state index is 12.7. The Morgan fingerprint density at radius 1 is 0.917 bits per heavy atom. The Bertz CT molecular complexity index is 708. The molecule has 0 atom stereocenters. The summed E-state index contributed by atoms with van der Waals surface area (Å²) in [5.41, 5.74) is 1.77. The topological polar surface area (TPSA) is 62.3 Å². The van der Waals surface area contributed by atoms with E-state index < -0.39 is 0 Å². The Balaban J connectivity index is 1.71. The average Bonchev–Trinajstić information content (AvgIpc) is 2.91. The first-order valence-electron chi connectivity index (χ1n) is 8.35. The summed E-state index contributed by atoms with van der Waals surface area (Å²) >= 11 is 0. The van der Waals surface area contributed by atoms with Crippen LogP contribution in [-0.4, -0.2) is 34.8 Å². The van der Waals surface area contributed by atoms with E-state index in [1.807, 2.05) is 4.90 Å². The van der Waals surface area contributed by atoms with Gasteiger partial charge in [-0.15, -0.1) is 0 Å². The Labute approximate surface area is 141 Å². The summed E-state index contributed by atoms with van der Waals surface area (Å²) in [5.74, 6) is -0.173. The molecule has 3 rings (SSSR count). The number of pyridine rings is 1. The number of hydrogen-bond donors (Lipinski definition) is 1. The molecule has 2 aromatic rings. The Morgan fingerprint density at radius 3 is 2.33 bits per heavy atom. The molecule has 1 aliphatic heterocycles. The summed E-state index contributed by atoms with van der Waals surface area (Å²) in [4.78, 5) is 30.7. The number of benzene rings is 1. The minimum Gasteiger partial charge on any atom is -0.339 e. The monoisotopic (exact) mass is 323 g/mol. The van der Waals surface area contributed by atoms with Crippen LogP contribution in [0.1, 0.15) is 46.4 Å². The third-order valence-corrected chi connectivity index (χ3v) is 4.20. The van der Waals surface area contributed by atoms with Crippen molar-refractivity contribution >= 4 is 17.5 Å². The third kappa shape index (κ3) is 3.98. The summed E-state index contributed by atoms with van der Waals surface area (Å²) in [6.07, 6.45) is 7.65. The molecule has 1 aromatic heterocycles. The van der Waals surface area contributed by atoms with Crippen LogP contribution in [0.3, 0.4) is 0 Å². The first-order chi connectivity index (χ1) is 11.7. The fourth-order valence-electron chi connectivity index (χ4n) is 2.89. The summed E-state index contributed by atoms with van der Waals surface area (Å²) in [6, 6.07) is 10.4. The zero-order chi connectivity index (χ0) is 16.8. The number of carbonyl (C=O) groups is 2. The number of carbonyl (C=O) groups excluding carboxylic acids is 2. The van der Waals surface area contributed by atoms with Gasteiger partial charge in [0, 0.05) is 42.3 Å². The molecular formula is C19H21N3O2. The Morgan fingerprint density at radius 2 is 1.62 bits per heavy atom. The maximum atomic E-state index is 12.7. The number of likely N-dealkylation sites (tertiary alicyclic amines) is 1. The lowest BCUT2D eigenvalue weighted by molar-refractivity contribution is 0.0761. The Kier molecular flexibility index (Phi) is 5.21. The van der Waals surface area contributed by atoms with Crippen molar-refractivity contribution in [1.29, 1.82) is 0 Å². The van der Waals surface area contributed by atoms with Crippen molar-refractivity contribution in [2.75, 3.05) is 18.4 Å². The summed E-state index contributed by atoms with van der Waals surface area (Å²) in [5, 5.41) is 2.83. The molecule has 2 heterocycles. The van der Waals surface area contributed by atoms with Crippen molar-refractivity contribution in [2.24, 2.45) is 0 Å². The van der Waals surface area contributed by atoms with E-state index in [2.05, 4.69) is 10.3 Å². The van der Waals surface area contributed by atoms with Gasteiger partial charge < -0.3 is 10.2 Å². The highest BCUT2D eigenvalue weighted by Gasteiger charge is 2.17. The number of amides is 2. The second-order valence-electron chi connectivity index (χ2n) is 5.98. The fraction of sp³-hybridized carbons (Fsp3) is 0.316. The fourth-order valence-corrected chi connectivity index (χ4v) is 2.89. The average molecular weight is 323 g/mol. The van der Waals surface area contributed by atoms with Gasteiger partial charge in [-0.25, -0.2) is 0 Å². The summed E-state index contributed by atoms with van der Waals surface area (Å²) in [6.45, 7) is 1.62. The smallest absolute Gasteiger partial charge is 0.255 e. The summed E-state index contributed by atoms with van der Waals surface area (Å²) in [7, 11) is 0. The Hall–Kier alpha value is -2.69. The highest BCUT2D eigenvalue weighted by atomic mass is 16.2. The molecule has 1 aromatic carbocycles. The van der Waals surface area contributed by atoms with E-state index in [1.54, 1.807) is 48.8 Å². The quantitative estimate of drug-likeness (QED) is 0.942. The van der Waals surface area contributed by atoms with Crippen LogP contribution in [0.4, 0.5) is 5.69 Å². The van der Waals surface area contributed by atoms with Gasteiger partial charge >= 0.3 is 0 Å². The number of hydrogen-bond acceptors (Lipinski definition) is 3. The molecule has 2 amide bonds. The van der Waals surface area contributed by atoms with Gasteiger partial charge in [-0.3, -0.25) is 14.6 Å². The molecule has 0 unspecified atom stereocenters. The van der Waals surface area contributed by atoms with Crippen LogP contribution < -0.4 is 5.32 Å². The molecular weight excluding hydrogens is 302 g/mol. The highest BCUT2D eigenvalue weighted by Crippen LogP contribution is 2.17. The van der Waals surface area contributed by atoms with E-state index in [9.17, 15) is 9.59 Å². The summed E-state index contributed by atoms with van der Waals surface area (Å²) < 4.78 is 0. The van der Waals surface area contributed by atoms with E-state index in [0.29, 0.717) is 16.8 Å². The zero-order valence-corrected chi connectivity index (χ0v) is 13.6. The zero-order valence-electron chi connectivity index (χ0n) is 13.6. The largest absolute Gasteiger partial charge is 0.339 e. The predicted octanol–water partition coefficient (Wildman–Crippen LogP) is 3.35. The van der Waals surface area contributed by atoms with Gasteiger partial charge in [-0.05, 0) is 43.2 Å². The number of rotatable bonds is 3. The normalized spacial score (nSPS) is 14.8. The highest BCUT2D eigenvalue weighted by molar-refractivity contribution is 6.05. The van der Waals surface area contributed by atoms with E-state index >= 15 is 0 Å². The molecule has 5 heteroatoms. The molecule has 1 saturated heterocycles. The van der Waals surface area contributed by atoms with Gasteiger partial charge in [-0.2, -0.15) is 0 Å². The molecule has 5 nitrogen and oxygen atoms in total. The van der Waals surface area contributed by atoms with Crippen LogP contribution in [0, 0.1) is 0 Å². The van der Waals surface area contributed by atoms with E-state index in [0.717, 1.165) is 25.9 Å². The third-order valence-electron chi connectivity index (χ3n) is 4.20. The van der Waals surface area contributed by atoms with Crippen molar-refractivity contribution in [3.8, 4) is 0 Å². The van der Waals surface area contributed by atoms with Crippen molar-refractivity contribution < 1.29 is 9.59 Å². The number of aromatic nitrogens is 1. The first-order valence-corrected chi connectivity index (χ1v) is 8.35. The molecule has 24 heavy (non-hydrogen) atoms. The molecule has 1 fully saturated rings. The van der Waals surface area contributed by atoms with Crippen LogP contribution >= 0.6 is 0 Å². The van der Waals surface area contributed by atoms with Gasteiger partial charge in [0.2, 0.25) is 0 Å². The van der Waals surface area contributed by atoms with Crippen LogP contribution in [0.15, 0.2) is 48.8 Å². The number of nitrogens with one attached hydrogen (secondary N) is 1. The maximum Gasteiger partial charge on any atom is 0.255 e. The van der Waals surface area contributed by atoms with E-state index in [1.165, 1.54) is 12.8 Å². The van der Waals surface area contributed by atoms with Gasteiger partial charge in [0.1, 0.15) is 0 Å². The van der Waals surface area contributed by atoms with E-state index in [4.69, 9.17) is 0 Å². The van der Waals surface area contributed by atoms with Crippen LogP contribution in [0.5, 0.6) is 0 Å². The van der Waals surface area contributed by atoms with Crippen molar-refractivity contribution in [3.05, 3.63) is 59.9 Å². The molecule has 0 spiro atoms. The molecule has 124 valence electrons. The molecule has 1 aliphatic rings. The van der Waals surface area contributed by atoms with E-state index in [-0.39, 0.29) is 11.8 Å². The lowest BCUT2D eigenvalue weighted by atomic mass is 10.1. The molecule has 0 bridgehead atoms. The number of anilines is 1. The van der Waals surface area contributed by atoms with Crippen LogP contribution in [0.2, 0.25) is 0 Å². The molecule has 0 radical (unpaired) electrons. The van der Waals surface area contributed by atoms with Crippen molar-refractivity contribution in [2.45, 2.75) is 25.7 Å². The second-order valence-corrected chi connectivity index (χ2v) is 5.98. The van der Waals surface area contributed by atoms with Gasteiger partial charge in [0.15, 0.2) is 0 Å².